The van der Waals surface area contributed by atoms with Crippen LogP contribution in [0.4, 0.5) is 13.2 Å². The van der Waals surface area contributed by atoms with Gasteiger partial charge in [-0.1, -0.05) is 30.3 Å². The monoisotopic (exact) mass is 346 g/mol. The molecule has 0 aliphatic heterocycles. The maximum absolute atomic E-state index is 13.4. The number of halogens is 3. The van der Waals surface area contributed by atoms with Crippen molar-refractivity contribution in [3.8, 4) is 28.3 Å². The summed E-state index contributed by atoms with van der Waals surface area (Å²) in [6, 6.07) is 15.2. The predicted molar refractivity (Wildman–Crippen MR) is 90.2 cm³/mol. The minimum atomic E-state index is -4.50. The van der Waals surface area contributed by atoms with Crippen molar-refractivity contribution >= 4 is 0 Å². The van der Waals surface area contributed by atoms with Gasteiger partial charge in [0.1, 0.15) is 5.75 Å². The normalized spacial score (nSPS) is 11.8. The summed E-state index contributed by atoms with van der Waals surface area (Å²) in [5, 5.41) is 7.01. The lowest BCUT2D eigenvalue weighted by Gasteiger charge is -2.17. The van der Waals surface area contributed by atoms with Crippen molar-refractivity contribution in [3.05, 3.63) is 60.2 Å². The molecule has 1 heterocycles. The Kier molecular flexibility index (Phi) is 4.53. The zero-order chi connectivity index (χ0) is 18.0. The molecule has 0 spiro atoms. The van der Waals surface area contributed by atoms with Gasteiger partial charge in [-0.25, -0.2) is 0 Å². The number of ether oxygens (including phenoxy) is 1. The molecule has 0 aliphatic carbocycles. The highest BCUT2D eigenvalue weighted by atomic mass is 19.4. The van der Waals surface area contributed by atoms with Crippen LogP contribution in [0.5, 0.6) is 5.75 Å². The van der Waals surface area contributed by atoms with Crippen molar-refractivity contribution in [2.45, 2.75) is 26.1 Å². The van der Waals surface area contributed by atoms with Crippen LogP contribution in [0, 0.1) is 0 Å². The Morgan fingerprint density at radius 3 is 2.32 bits per heavy atom. The Labute approximate surface area is 143 Å². The van der Waals surface area contributed by atoms with E-state index in [1.54, 1.807) is 26.0 Å². The van der Waals surface area contributed by atoms with E-state index in [9.17, 15) is 13.2 Å². The zero-order valence-electron chi connectivity index (χ0n) is 13.8. The molecule has 0 saturated carbocycles. The number of H-pyrrole nitrogens is 1. The van der Waals surface area contributed by atoms with Crippen LogP contribution >= 0.6 is 0 Å². The van der Waals surface area contributed by atoms with Crippen molar-refractivity contribution in [1.29, 1.82) is 0 Å². The summed E-state index contributed by atoms with van der Waals surface area (Å²) in [4.78, 5) is 0. The fourth-order valence-electron chi connectivity index (χ4n) is 2.50. The van der Waals surface area contributed by atoms with Gasteiger partial charge in [0.05, 0.1) is 23.1 Å². The van der Waals surface area contributed by atoms with E-state index in [0.717, 1.165) is 17.3 Å². The van der Waals surface area contributed by atoms with Gasteiger partial charge in [0.25, 0.3) is 0 Å². The topological polar surface area (TPSA) is 37.9 Å². The molecule has 0 unspecified atom stereocenters. The second-order valence-corrected chi connectivity index (χ2v) is 5.91. The van der Waals surface area contributed by atoms with Crippen LogP contribution in [0.15, 0.2) is 54.6 Å². The molecule has 6 heteroatoms. The van der Waals surface area contributed by atoms with Crippen LogP contribution in [0.1, 0.15) is 19.4 Å². The first-order valence-corrected chi connectivity index (χ1v) is 7.83. The van der Waals surface area contributed by atoms with Gasteiger partial charge >= 0.3 is 6.18 Å². The lowest BCUT2D eigenvalue weighted by Crippen LogP contribution is -2.13. The largest absolute Gasteiger partial charge is 0.490 e. The second kappa shape index (κ2) is 6.63. The maximum Gasteiger partial charge on any atom is 0.419 e. The first-order chi connectivity index (χ1) is 11.8. The number of aromatic nitrogens is 2. The first-order valence-electron chi connectivity index (χ1n) is 7.83. The third-order valence-electron chi connectivity index (χ3n) is 3.61. The SMILES string of the molecule is CC(C)Oc1ccc(-c2cc(-c3ccccc3)[nH]n2)cc1C(F)(F)F. The van der Waals surface area contributed by atoms with Crippen molar-refractivity contribution in [2.75, 3.05) is 0 Å². The Hall–Kier alpha value is -2.76. The predicted octanol–water partition coefficient (Wildman–Crippen LogP) is 5.55. The lowest BCUT2D eigenvalue weighted by molar-refractivity contribution is -0.139. The smallest absolute Gasteiger partial charge is 0.419 e. The van der Waals surface area contributed by atoms with Gasteiger partial charge in [-0.2, -0.15) is 18.3 Å². The number of alkyl halides is 3. The van der Waals surface area contributed by atoms with Crippen molar-refractivity contribution < 1.29 is 17.9 Å². The molecule has 25 heavy (non-hydrogen) atoms. The molecule has 1 N–H and O–H groups in total. The van der Waals surface area contributed by atoms with Crippen LogP contribution in [0.3, 0.4) is 0 Å². The average molecular weight is 346 g/mol. The van der Waals surface area contributed by atoms with Crippen LogP contribution < -0.4 is 4.74 Å². The minimum absolute atomic E-state index is 0.176. The number of rotatable bonds is 4. The van der Waals surface area contributed by atoms with Gasteiger partial charge in [0.2, 0.25) is 0 Å². The first kappa shape index (κ1) is 17.1. The third-order valence-corrected chi connectivity index (χ3v) is 3.61. The highest BCUT2D eigenvalue weighted by Crippen LogP contribution is 2.39. The van der Waals surface area contributed by atoms with Crippen molar-refractivity contribution in [1.82, 2.24) is 10.2 Å². The van der Waals surface area contributed by atoms with E-state index >= 15 is 0 Å². The molecule has 1 aromatic heterocycles. The maximum atomic E-state index is 13.4. The molecule has 3 rings (SSSR count). The zero-order valence-corrected chi connectivity index (χ0v) is 13.8. The molecule has 0 atom stereocenters. The highest BCUT2D eigenvalue weighted by Gasteiger charge is 2.35. The van der Waals surface area contributed by atoms with E-state index in [1.165, 1.54) is 6.07 Å². The van der Waals surface area contributed by atoms with Crippen LogP contribution in [-0.4, -0.2) is 16.3 Å². The molecule has 2 aromatic carbocycles. The van der Waals surface area contributed by atoms with Crippen LogP contribution in [0.2, 0.25) is 0 Å². The summed E-state index contributed by atoms with van der Waals surface area (Å²) in [5.41, 5.74) is 1.67. The standard InChI is InChI=1S/C19H17F3N2O/c1-12(2)25-18-9-8-14(10-15(18)19(20,21)22)17-11-16(23-24-17)13-6-4-3-5-7-13/h3-12H,1-2H3,(H,23,24). The van der Waals surface area contributed by atoms with Crippen molar-refractivity contribution in [3.63, 3.8) is 0 Å². The molecule has 0 fully saturated rings. The number of hydrogen-bond donors (Lipinski definition) is 1. The van der Waals surface area contributed by atoms with E-state index in [1.807, 2.05) is 30.3 Å². The summed E-state index contributed by atoms with van der Waals surface area (Å²) < 4.78 is 45.4. The van der Waals surface area contributed by atoms with Gasteiger partial charge < -0.3 is 4.74 Å². The molecule has 130 valence electrons. The highest BCUT2D eigenvalue weighted by molar-refractivity contribution is 5.69. The Bertz CT molecular complexity index is 855. The average Bonchev–Trinajstić information content (AvgIpc) is 3.04. The third kappa shape index (κ3) is 3.84. The second-order valence-electron chi connectivity index (χ2n) is 5.91. The quantitative estimate of drug-likeness (QED) is 0.672. The van der Waals surface area contributed by atoms with Gasteiger partial charge in [0, 0.05) is 5.56 Å². The van der Waals surface area contributed by atoms with Crippen LogP contribution in [0.25, 0.3) is 22.5 Å². The fraction of sp³-hybridized carbons (Fsp3) is 0.211. The summed E-state index contributed by atoms with van der Waals surface area (Å²) in [6.07, 6.45) is -4.85. The summed E-state index contributed by atoms with van der Waals surface area (Å²) in [6.45, 7) is 3.38. The van der Waals surface area contributed by atoms with Crippen LogP contribution in [-0.2, 0) is 6.18 Å². The molecule has 0 amide bonds. The van der Waals surface area contributed by atoms with Gasteiger partial charge in [-0.3, -0.25) is 5.10 Å². The molecule has 0 bridgehead atoms. The minimum Gasteiger partial charge on any atom is -0.490 e. The number of benzene rings is 2. The van der Waals surface area contributed by atoms with E-state index in [0.29, 0.717) is 11.3 Å². The van der Waals surface area contributed by atoms with Gasteiger partial charge in [-0.05, 0) is 43.7 Å². The molecular weight excluding hydrogens is 329 g/mol. The summed E-state index contributed by atoms with van der Waals surface area (Å²) >= 11 is 0. The molecule has 0 aliphatic rings. The molecule has 0 radical (unpaired) electrons. The van der Waals surface area contributed by atoms with Gasteiger partial charge in [0.15, 0.2) is 0 Å². The number of aromatic amines is 1. The number of hydrogen-bond acceptors (Lipinski definition) is 2. The molecule has 3 nitrogen and oxygen atoms in total. The van der Waals surface area contributed by atoms with E-state index < -0.39 is 11.7 Å². The number of nitrogens with one attached hydrogen (secondary N) is 1. The Morgan fingerprint density at radius 2 is 1.68 bits per heavy atom. The van der Waals surface area contributed by atoms with E-state index in [2.05, 4.69) is 10.2 Å². The molecular formula is C19H17F3N2O. The summed E-state index contributed by atoms with van der Waals surface area (Å²) in [7, 11) is 0. The Balaban J connectivity index is 1.99. The number of nitrogens with zero attached hydrogens (tertiary/aromatic N) is 1. The van der Waals surface area contributed by atoms with Gasteiger partial charge in [-0.15, -0.1) is 0 Å². The fourth-order valence-corrected chi connectivity index (χ4v) is 2.50. The van der Waals surface area contributed by atoms with E-state index in [-0.39, 0.29) is 11.9 Å². The van der Waals surface area contributed by atoms with E-state index in [4.69, 9.17) is 4.74 Å². The Morgan fingerprint density at radius 1 is 0.960 bits per heavy atom. The van der Waals surface area contributed by atoms with Crippen molar-refractivity contribution in [2.24, 2.45) is 0 Å². The molecule has 3 aromatic rings. The molecule has 0 saturated heterocycles. The lowest BCUT2D eigenvalue weighted by atomic mass is 10.1. The summed E-state index contributed by atoms with van der Waals surface area (Å²) in [5.74, 6) is -0.176.